The van der Waals surface area contributed by atoms with E-state index in [9.17, 15) is 9.59 Å². The van der Waals surface area contributed by atoms with Gasteiger partial charge in [-0.3, -0.25) is 4.79 Å². The zero-order chi connectivity index (χ0) is 16.0. The highest BCUT2D eigenvalue weighted by Crippen LogP contribution is 2.19. The molecule has 0 spiro atoms. The summed E-state index contributed by atoms with van der Waals surface area (Å²) < 4.78 is 5.03. The zero-order valence-corrected chi connectivity index (χ0v) is 13.0. The maximum atomic E-state index is 11.8. The van der Waals surface area contributed by atoms with Crippen molar-refractivity contribution in [3.63, 3.8) is 0 Å². The minimum atomic E-state index is -1.04. The number of nitrogens with one attached hydrogen (secondary N) is 1. The fraction of sp³-hybridized carbons (Fsp3) is 0.714. The van der Waals surface area contributed by atoms with Gasteiger partial charge in [0, 0.05) is 19.3 Å². The molecule has 0 bridgehead atoms. The van der Waals surface area contributed by atoms with Crippen LogP contribution in [-0.2, 0) is 22.4 Å². The first-order valence-electron chi connectivity index (χ1n) is 7.07. The second-order valence-corrected chi connectivity index (χ2v) is 6.06. The molecule has 0 aliphatic heterocycles. The van der Waals surface area contributed by atoms with E-state index in [2.05, 4.69) is 15.5 Å². The Hall–Kier alpha value is -1.92. The van der Waals surface area contributed by atoms with Gasteiger partial charge in [-0.05, 0) is 11.8 Å². The van der Waals surface area contributed by atoms with Crippen LogP contribution in [-0.4, -0.2) is 33.2 Å². The quantitative estimate of drug-likeness (QED) is 0.791. The van der Waals surface area contributed by atoms with E-state index >= 15 is 0 Å². The van der Waals surface area contributed by atoms with Crippen molar-refractivity contribution < 1.29 is 19.2 Å². The number of aromatic nitrogens is 2. The molecule has 21 heavy (non-hydrogen) atoms. The van der Waals surface area contributed by atoms with E-state index in [1.807, 2.05) is 6.92 Å². The largest absolute Gasteiger partial charge is 0.480 e. The van der Waals surface area contributed by atoms with Gasteiger partial charge in [0.1, 0.15) is 6.04 Å². The van der Waals surface area contributed by atoms with Gasteiger partial charge < -0.3 is 14.9 Å². The van der Waals surface area contributed by atoms with Crippen molar-refractivity contribution in [1.29, 1.82) is 0 Å². The minimum Gasteiger partial charge on any atom is -0.480 e. The lowest BCUT2D eigenvalue weighted by molar-refractivity contribution is -0.144. The van der Waals surface area contributed by atoms with Crippen molar-refractivity contribution in [2.75, 3.05) is 0 Å². The molecule has 0 aliphatic carbocycles. The van der Waals surface area contributed by atoms with Crippen LogP contribution in [0.2, 0.25) is 0 Å². The molecule has 118 valence electrons. The van der Waals surface area contributed by atoms with E-state index < -0.39 is 17.4 Å². The first-order chi connectivity index (χ1) is 9.74. The Kier molecular flexibility index (Phi) is 5.87. The van der Waals surface area contributed by atoms with Crippen LogP contribution in [0.25, 0.3) is 0 Å². The van der Waals surface area contributed by atoms with Crippen molar-refractivity contribution in [2.45, 2.75) is 59.4 Å². The number of nitrogens with zero attached hydrogens (tertiary/aromatic N) is 2. The summed E-state index contributed by atoms with van der Waals surface area (Å²) in [5.74, 6) is -0.353. The fourth-order valence-electron chi connectivity index (χ4n) is 1.82. The van der Waals surface area contributed by atoms with Gasteiger partial charge in [0.2, 0.25) is 11.8 Å². The predicted octanol–water partition coefficient (Wildman–Crippen LogP) is 1.57. The summed E-state index contributed by atoms with van der Waals surface area (Å²) >= 11 is 0. The lowest BCUT2D eigenvalue weighted by Crippen LogP contribution is -2.49. The van der Waals surface area contributed by atoms with Crippen LogP contribution >= 0.6 is 0 Å². The molecule has 0 aliphatic rings. The highest BCUT2D eigenvalue weighted by Gasteiger charge is 2.32. The normalized spacial score (nSPS) is 13.0. The molecule has 7 heteroatoms. The number of aliphatic carboxylic acids is 1. The number of hydrogen-bond acceptors (Lipinski definition) is 5. The van der Waals surface area contributed by atoms with Crippen molar-refractivity contribution >= 4 is 11.9 Å². The Labute approximate surface area is 124 Å². The minimum absolute atomic E-state index is 0.119. The molecule has 0 saturated carbocycles. The number of carboxylic acids is 1. The van der Waals surface area contributed by atoms with Crippen molar-refractivity contribution in [3.05, 3.63) is 11.7 Å². The Balaban J connectivity index is 2.51. The van der Waals surface area contributed by atoms with E-state index in [1.165, 1.54) is 0 Å². The summed E-state index contributed by atoms with van der Waals surface area (Å²) in [7, 11) is 0. The zero-order valence-electron chi connectivity index (χ0n) is 13.0. The van der Waals surface area contributed by atoms with Crippen LogP contribution in [0, 0.1) is 5.41 Å². The second-order valence-electron chi connectivity index (χ2n) is 6.06. The smallest absolute Gasteiger partial charge is 0.326 e. The average molecular weight is 297 g/mol. The van der Waals surface area contributed by atoms with Crippen LogP contribution in [0.15, 0.2) is 4.52 Å². The SMILES string of the molecule is CCCc1noc(CCC(=O)N[C@@H](C(=O)O)C(C)(C)C)n1. The summed E-state index contributed by atoms with van der Waals surface area (Å²) in [5, 5.41) is 15.5. The maximum absolute atomic E-state index is 11.8. The van der Waals surface area contributed by atoms with Crippen molar-refractivity contribution in [3.8, 4) is 0 Å². The van der Waals surface area contributed by atoms with Crippen molar-refractivity contribution in [2.24, 2.45) is 5.41 Å². The van der Waals surface area contributed by atoms with E-state index in [-0.39, 0.29) is 12.3 Å². The van der Waals surface area contributed by atoms with Gasteiger partial charge in [0.05, 0.1) is 0 Å². The number of carboxylic acid groups (broad SMARTS) is 1. The molecular weight excluding hydrogens is 274 g/mol. The first kappa shape index (κ1) is 17.1. The molecule has 0 unspecified atom stereocenters. The van der Waals surface area contributed by atoms with E-state index in [0.717, 1.165) is 12.8 Å². The predicted molar refractivity (Wildman–Crippen MR) is 75.6 cm³/mol. The molecular formula is C14H23N3O4. The third-order valence-corrected chi connectivity index (χ3v) is 2.97. The van der Waals surface area contributed by atoms with Gasteiger partial charge in [0.25, 0.3) is 0 Å². The number of aryl methyl sites for hydroxylation is 2. The highest BCUT2D eigenvalue weighted by molar-refractivity contribution is 5.84. The molecule has 1 atom stereocenters. The van der Waals surface area contributed by atoms with Gasteiger partial charge in [0.15, 0.2) is 5.82 Å². The van der Waals surface area contributed by atoms with Gasteiger partial charge in [-0.1, -0.05) is 32.9 Å². The van der Waals surface area contributed by atoms with Crippen LogP contribution < -0.4 is 5.32 Å². The second kappa shape index (κ2) is 7.19. The van der Waals surface area contributed by atoms with Crippen LogP contribution in [0.5, 0.6) is 0 Å². The molecule has 0 radical (unpaired) electrons. The summed E-state index contributed by atoms with van der Waals surface area (Å²) in [6.07, 6.45) is 2.08. The molecule has 1 amide bonds. The number of rotatable bonds is 7. The lowest BCUT2D eigenvalue weighted by atomic mass is 9.86. The topological polar surface area (TPSA) is 105 Å². The number of carbonyl (C=O) groups is 2. The molecule has 7 nitrogen and oxygen atoms in total. The number of carbonyl (C=O) groups excluding carboxylic acids is 1. The first-order valence-corrected chi connectivity index (χ1v) is 7.07. The van der Waals surface area contributed by atoms with Crippen LogP contribution in [0.4, 0.5) is 0 Å². The van der Waals surface area contributed by atoms with Crippen LogP contribution in [0.1, 0.15) is 52.3 Å². The summed E-state index contributed by atoms with van der Waals surface area (Å²) in [5.41, 5.74) is -0.555. The number of hydrogen-bond donors (Lipinski definition) is 2. The van der Waals surface area contributed by atoms with E-state index in [1.54, 1.807) is 20.8 Å². The molecule has 2 N–H and O–H groups in total. The molecule has 1 aromatic rings. The average Bonchev–Trinajstić information content (AvgIpc) is 2.80. The molecule has 0 fully saturated rings. The van der Waals surface area contributed by atoms with Gasteiger partial charge in [-0.15, -0.1) is 0 Å². The monoisotopic (exact) mass is 297 g/mol. The Bertz CT molecular complexity index is 491. The maximum Gasteiger partial charge on any atom is 0.326 e. The fourth-order valence-corrected chi connectivity index (χ4v) is 1.82. The molecule has 1 rings (SSSR count). The molecule has 1 aromatic heterocycles. The molecule has 0 aromatic carbocycles. The Morgan fingerprint density at radius 1 is 1.33 bits per heavy atom. The van der Waals surface area contributed by atoms with Gasteiger partial charge in [-0.25, -0.2) is 4.79 Å². The summed E-state index contributed by atoms with van der Waals surface area (Å²) in [4.78, 5) is 27.2. The van der Waals surface area contributed by atoms with Crippen LogP contribution in [0.3, 0.4) is 0 Å². The molecule has 1 heterocycles. The third-order valence-electron chi connectivity index (χ3n) is 2.97. The van der Waals surface area contributed by atoms with Crippen molar-refractivity contribution in [1.82, 2.24) is 15.5 Å². The molecule has 0 saturated heterocycles. The third kappa shape index (κ3) is 5.53. The lowest BCUT2D eigenvalue weighted by Gasteiger charge is -2.27. The van der Waals surface area contributed by atoms with E-state index in [0.29, 0.717) is 18.1 Å². The standard InChI is InChI=1S/C14H23N3O4/c1-5-6-9-15-11(21-17-9)8-7-10(18)16-12(13(19)20)14(2,3)4/h12H,5-8H2,1-4H3,(H,16,18)(H,19,20)/t12-/m0/s1. The Morgan fingerprint density at radius 3 is 2.52 bits per heavy atom. The summed E-state index contributed by atoms with van der Waals surface area (Å²) in [6, 6.07) is -0.927. The highest BCUT2D eigenvalue weighted by atomic mass is 16.5. The van der Waals surface area contributed by atoms with Gasteiger partial charge in [-0.2, -0.15) is 4.98 Å². The number of amides is 1. The Morgan fingerprint density at radius 2 is 2.00 bits per heavy atom. The van der Waals surface area contributed by atoms with Gasteiger partial charge >= 0.3 is 5.97 Å². The summed E-state index contributed by atoms with van der Waals surface area (Å²) in [6.45, 7) is 7.31. The van der Waals surface area contributed by atoms with E-state index in [4.69, 9.17) is 9.63 Å².